The Labute approximate surface area is 201 Å². The molecular formula is C20H19ClFO2Rb. The van der Waals surface area contributed by atoms with Crippen LogP contribution in [0.25, 0.3) is 11.1 Å². The molecule has 1 fully saturated rings. The molecule has 0 radical (unpaired) electrons. The molecule has 126 valence electrons. The van der Waals surface area contributed by atoms with E-state index >= 15 is 0 Å². The Morgan fingerprint density at radius 3 is 2.44 bits per heavy atom. The van der Waals surface area contributed by atoms with Crippen molar-refractivity contribution in [2.45, 2.75) is 32.6 Å². The number of esters is 1. The van der Waals surface area contributed by atoms with Crippen LogP contribution >= 0.6 is 11.6 Å². The molecule has 1 aliphatic carbocycles. The Hall–Kier alpha value is -0.0648. The summed E-state index contributed by atoms with van der Waals surface area (Å²) >= 11 is 6.09. The van der Waals surface area contributed by atoms with E-state index in [-0.39, 0.29) is 80.8 Å². The number of hydrogen-bond acceptors (Lipinski definition) is 2. The fraction of sp³-hybridized carbons (Fsp3) is 0.350. The van der Waals surface area contributed by atoms with Gasteiger partial charge in [0, 0.05) is 0 Å². The van der Waals surface area contributed by atoms with Gasteiger partial charge in [0.15, 0.2) is 11.6 Å². The van der Waals surface area contributed by atoms with Crippen molar-refractivity contribution < 1.29 is 72.1 Å². The summed E-state index contributed by atoms with van der Waals surface area (Å²) in [5, 5.41) is -0.155. The van der Waals surface area contributed by atoms with E-state index in [4.69, 9.17) is 16.3 Å². The van der Waals surface area contributed by atoms with Crippen LogP contribution in [-0.2, 0) is 4.79 Å². The number of carbonyl (C=O) groups is 1. The van der Waals surface area contributed by atoms with Crippen molar-refractivity contribution in [3.63, 3.8) is 0 Å². The molecule has 2 nitrogen and oxygen atoms in total. The van der Waals surface area contributed by atoms with Gasteiger partial charge in [-0.05, 0) is 49.3 Å². The molecule has 0 N–H and O–H groups in total. The monoisotopic (exact) mass is 430 g/mol. The van der Waals surface area contributed by atoms with Crippen LogP contribution in [0, 0.1) is 23.7 Å². The van der Waals surface area contributed by atoms with Crippen molar-refractivity contribution >= 4 is 17.6 Å². The summed E-state index contributed by atoms with van der Waals surface area (Å²) in [4.78, 5) is 12.3. The first-order valence-electron chi connectivity index (χ1n) is 8.22. The van der Waals surface area contributed by atoms with E-state index in [1.165, 1.54) is 0 Å². The van der Waals surface area contributed by atoms with Crippen LogP contribution < -0.4 is 62.9 Å². The molecule has 0 aliphatic heterocycles. The number of carbonyl (C=O) groups excluding carboxylic acids is 1. The van der Waals surface area contributed by atoms with E-state index in [2.05, 4.69) is 13.0 Å². The molecule has 0 saturated heterocycles. The van der Waals surface area contributed by atoms with Crippen LogP contribution in [0.5, 0.6) is 5.75 Å². The fourth-order valence-electron chi connectivity index (χ4n) is 3.09. The average Bonchev–Trinajstić information content (AvgIpc) is 2.60. The van der Waals surface area contributed by atoms with Gasteiger partial charge in [-0.3, -0.25) is 4.79 Å². The molecule has 0 heterocycles. The van der Waals surface area contributed by atoms with Crippen molar-refractivity contribution in [1.82, 2.24) is 0 Å². The summed E-state index contributed by atoms with van der Waals surface area (Å²) in [6.07, 6.45) is 3.68. The molecule has 1 saturated carbocycles. The molecule has 0 spiro atoms. The van der Waals surface area contributed by atoms with Crippen molar-refractivity contribution in [1.29, 1.82) is 0 Å². The van der Waals surface area contributed by atoms with E-state index < -0.39 is 5.82 Å². The van der Waals surface area contributed by atoms with Crippen LogP contribution in [0.3, 0.4) is 0 Å². The Morgan fingerprint density at radius 1 is 1.16 bits per heavy atom. The third-order valence-corrected chi connectivity index (χ3v) is 4.99. The molecule has 0 atom stereocenters. The average molecular weight is 431 g/mol. The quantitative estimate of drug-likeness (QED) is 0.425. The predicted octanol–water partition coefficient (Wildman–Crippen LogP) is 2.68. The minimum Gasteiger partial charge on any atom is -0.425 e. The van der Waals surface area contributed by atoms with Gasteiger partial charge in [-0.1, -0.05) is 18.5 Å². The molecule has 0 unspecified atom stereocenters. The smallest absolute Gasteiger partial charge is 0.425 e. The largest absolute Gasteiger partial charge is 1.00 e. The standard InChI is InChI=1S/C20H19ClFO2.Rb/c1-13-7-9-15(10-8-13)20(23)24-17-12-11-16(19(22)18(17)21)14-5-3-2-4-6-14;/h3-6,11-13,15H,7-10H2,1H3;/q-1;+1. The number of hydrogen-bond donors (Lipinski definition) is 0. The number of benzene rings is 2. The van der Waals surface area contributed by atoms with Gasteiger partial charge in [0.1, 0.15) is 5.02 Å². The zero-order valence-electron chi connectivity index (χ0n) is 14.5. The number of halogens is 2. The Morgan fingerprint density at radius 2 is 1.80 bits per heavy atom. The molecular weight excluding hydrogens is 412 g/mol. The van der Waals surface area contributed by atoms with E-state index in [1.807, 2.05) is 0 Å². The van der Waals surface area contributed by atoms with Gasteiger partial charge in [-0.15, -0.1) is 5.56 Å². The van der Waals surface area contributed by atoms with E-state index in [1.54, 1.807) is 36.4 Å². The molecule has 3 rings (SSSR count). The van der Waals surface area contributed by atoms with Crippen LogP contribution in [0.4, 0.5) is 4.39 Å². The summed E-state index contributed by atoms with van der Waals surface area (Å²) in [5.74, 6) is -0.276. The van der Waals surface area contributed by atoms with Gasteiger partial charge in [0.2, 0.25) is 0 Å². The fourth-order valence-corrected chi connectivity index (χ4v) is 3.29. The Kier molecular flexibility index (Phi) is 8.28. The molecule has 1 aliphatic rings. The van der Waals surface area contributed by atoms with E-state index in [9.17, 15) is 9.18 Å². The second-order valence-corrected chi connectivity index (χ2v) is 6.78. The van der Waals surface area contributed by atoms with Gasteiger partial charge in [0.25, 0.3) is 0 Å². The van der Waals surface area contributed by atoms with Crippen molar-refractivity contribution in [2.24, 2.45) is 11.8 Å². The minimum absolute atomic E-state index is 0. The third-order valence-electron chi connectivity index (χ3n) is 4.64. The van der Waals surface area contributed by atoms with E-state index in [0.717, 1.165) is 25.7 Å². The second-order valence-electron chi connectivity index (χ2n) is 6.41. The van der Waals surface area contributed by atoms with Crippen molar-refractivity contribution in [3.8, 4) is 16.9 Å². The topological polar surface area (TPSA) is 26.3 Å². The van der Waals surface area contributed by atoms with Crippen LogP contribution in [0.1, 0.15) is 32.6 Å². The second kappa shape index (κ2) is 9.75. The van der Waals surface area contributed by atoms with Crippen LogP contribution in [0.15, 0.2) is 36.4 Å². The zero-order valence-corrected chi connectivity index (χ0v) is 20.2. The summed E-state index contributed by atoms with van der Waals surface area (Å²) in [6, 6.07) is 13.0. The summed E-state index contributed by atoms with van der Waals surface area (Å²) < 4.78 is 19.9. The summed E-state index contributed by atoms with van der Waals surface area (Å²) in [5.41, 5.74) is 1.08. The Balaban J connectivity index is 0.00000225. The van der Waals surface area contributed by atoms with Gasteiger partial charge in [0.05, 0.1) is 5.92 Å². The van der Waals surface area contributed by atoms with Gasteiger partial charge < -0.3 is 4.74 Å². The van der Waals surface area contributed by atoms with Crippen molar-refractivity contribution in [3.05, 3.63) is 53.3 Å². The predicted molar refractivity (Wildman–Crippen MR) is 92.4 cm³/mol. The SMILES string of the molecule is CC1CCC(C(=O)Oc2ccc(-c3cc[c-]cc3)c(F)c2Cl)CC1.[Rb+]. The van der Waals surface area contributed by atoms with Gasteiger partial charge in [-0.25, -0.2) is 4.39 Å². The van der Waals surface area contributed by atoms with Crippen molar-refractivity contribution in [2.75, 3.05) is 0 Å². The first-order chi connectivity index (χ1) is 11.6. The first kappa shape index (κ1) is 21.2. The number of rotatable bonds is 3. The molecule has 0 bridgehead atoms. The minimum atomic E-state index is -0.578. The zero-order chi connectivity index (χ0) is 17.1. The van der Waals surface area contributed by atoms with E-state index in [0.29, 0.717) is 17.0 Å². The molecule has 0 amide bonds. The maximum absolute atomic E-state index is 14.6. The third kappa shape index (κ3) is 5.23. The van der Waals surface area contributed by atoms with Crippen LogP contribution in [-0.4, -0.2) is 5.97 Å². The van der Waals surface area contributed by atoms with Crippen LogP contribution in [0.2, 0.25) is 5.02 Å². The van der Waals surface area contributed by atoms with Gasteiger partial charge >= 0.3 is 64.2 Å². The normalized spacial score (nSPS) is 19.8. The molecule has 25 heavy (non-hydrogen) atoms. The first-order valence-corrected chi connectivity index (χ1v) is 8.60. The molecule has 2 aromatic carbocycles. The van der Waals surface area contributed by atoms with Gasteiger partial charge in [-0.2, -0.15) is 30.3 Å². The Bertz CT molecular complexity index is 728. The maximum Gasteiger partial charge on any atom is 1.00 e. The summed E-state index contributed by atoms with van der Waals surface area (Å²) in [6.45, 7) is 2.19. The molecule has 0 aromatic heterocycles. The molecule has 2 aromatic rings. The summed E-state index contributed by atoms with van der Waals surface area (Å²) in [7, 11) is 0. The number of ether oxygens (including phenoxy) is 1. The maximum atomic E-state index is 14.6. The molecule has 5 heteroatoms.